The molecule has 3 heteroatoms. The van der Waals surface area contributed by atoms with Crippen LogP contribution < -0.4 is 0 Å². The normalized spacial score (nSPS) is 39.5. The second kappa shape index (κ2) is 5.37. The van der Waals surface area contributed by atoms with Gasteiger partial charge in [0.05, 0.1) is 6.10 Å². The number of hydrogen-bond acceptors (Lipinski definition) is 3. The SMILES string of the molecule is C=C1C=C[C@H]2[C@H](O)[C@@H](C)CC[C@@H]2[C@H]1C(=O)CCO. The summed E-state index contributed by atoms with van der Waals surface area (Å²) in [7, 11) is 0. The lowest BCUT2D eigenvalue weighted by Gasteiger charge is -2.43. The quantitative estimate of drug-likeness (QED) is 0.801. The van der Waals surface area contributed by atoms with E-state index in [-0.39, 0.29) is 48.6 Å². The molecule has 0 radical (unpaired) electrons. The van der Waals surface area contributed by atoms with Gasteiger partial charge in [-0.25, -0.2) is 0 Å². The number of carbonyl (C=O) groups excluding carboxylic acids is 1. The summed E-state index contributed by atoms with van der Waals surface area (Å²) in [6, 6.07) is 0. The first kappa shape index (κ1) is 13.5. The molecule has 18 heavy (non-hydrogen) atoms. The molecular weight excluding hydrogens is 228 g/mol. The van der Waals surface area contributed by atoms with E-state index < -0.39 is 0 Å². The minimum Gasteiger partial charge on any atom is -0.396 e. The Morgan fingerprint density at radius 2 is 2.22 bits per heavy atom. The van der Waals surface area contributed by atoms with Crippen molar-refractivity contribution in [3.8, 4) is 0 Å². The highest BCUT2D eigenvalue weighted by atomic mass is 16.3. The fourth-order valence-corrected chi connectivity index (χ4v) is 3.42. The van der Waals surface area contributed by atoms with E-state index in [1.165, 1.54) is 0 Å². The highest BCUT2D eigenvalue weighted by molar-refractivity contribution is 5.85. The van der Waals surface area contributed by atoms with Crippen LogP contribution in [0, 0.1) is 23.7 Å². The molecule has 2 aliphatic carbocycles. The van der Waals surface area contributed by atoms with Gasteiger partial charge >= 0.3 is 0 Å². The zero-order valence-corrected chi connectivity index (χ0v) is 10.9. The van der Waals surface area contributed by atoms with E-state index in [1.807, 2.05) is 12.2 Å². The van der Waals surface area contributed by atoms with Gasteiger partial charge in [0.2, 0.25) is 0 Å². The van der Waals surface area contributed by atoms with Crippen molar-refractivity contribution in [1.82, 2.24) is 0 Å². The Bertz CT molecular complexity index is 372. The average molecular weight is 250 g/mol. The maximum absolute atomic E-state index is 12.1. The van der Waals surface area contributed by atoms with Crippen molar-refractivity contribution in [1.29, 1.82) is 0 Å². The Balaban J connectivity index is 2.23. The van der Waals surface area contributed by atoms with Gasteiger partial charge < -0.3 is 10.2 Å². The van der Waals surface area contributed by atoms with Crippen LogP contribution in [0.15, 0.2) is 24.3 Å². The number of allylic oxidation sites excluding steroid dienone is 2. The van der Waals surface area contributed by atoms with E-state index in [0.29, 0.717) is 0 Å². The highest BCUT2D eigenvalue weighted by Crippen LogP contribution is 2.44. The van der Waals surface area contributed by atoms with Gasteiger partial charge in [-0.2, -0.15) is 0 Å². The van der Waals surface area contributed by atoms with Gasteiger partial charge in [-0.05, 0) is 30.3 Å². The number of hydrogen-bond donors (Lipinski definition) is 2. The maximum atomic E-state index is 12.1. The summed E-state index contributed by atoms with van der Waals surface area (Å²) in [5.41, 5.74) is 0.830. The first-order valence-electron chi connectivity index (χ1n) is 6.75. The summed E-state index contributed by atoms with van der Waals surface area (Å²) in [6.07, 6.45) is 5.61. The molecule has 0 aromatic carbocycles. The molecule has 0 aromatic heterocycles. The van der Waals surface area contributed by atoms with E-state index in [0.717, 1.165) is 18.4 Å². The van der Waals surface area contributed by atoms with E-state index >= 15 is 0 Å². The molecule has 2 rings (SSSR count). The fourth-order valence-electron chi connectivity index (χ4n) is 3.42. The molecule has 0 amide bonds. The summed E-state index contributed by atoms with van der Waals surface area (Å²) < 4.78 is 0. The number of rotatable bonds is 3. The van der Waals surface area contributed by atoms with Crippen molar-refractivity contribution < 1.29 is 15.0 Å². The average Bonchev–Trinajstić information content (AvgIpc) is 2.34. The lowest BCUT2D eigenvalue weighted by atomic mass is 9.62. The standard InChI is InChI=1S/C15H22O3/c1-9-3-6-12-11(5-4-10(2)15(12)18)14(9)13(17)7-8-16/h3,6,10-12,14-16,18H,1,4-5,7-8H2,2H3/t10-,11-,12+,14-,15+/m0/s1. The minimum atomic E-state index is -0.363. The number of carbonyl (C=O) groups is 1. The third-order valence-electron chi connectivity index (χ3n) is 4.49. The molecule has 0 spiro atoms. The van der Waals surface area contributed by atoms with Gasteiger partial charge in [-0.3, -0.25) is 4.79 Å². The second-order valence-electron chi connectivity index (χ2n) is 5.64. The molecule has 0 unspecified atom stereocenters. The Hall–Kier alpha value is -0.930. The predicted molar refractivity (Wildman–Crippen MR) is 69.9 cm³/mol. The second-order valence-corrected chi connectivity index (χ2v) is 5.64. The molecule has 1 fully saturated rings. The number of ketones is 1. The van der Waals surface area contributed by atoms with Crippen LogP contribution in [-0.4, -0.2) is 28.7 Å². The van der Waals surface area contributed by atoms with E-state index in [4.69, 9.17) is 5.11 Å². The summed E-state index contributed by atoms with van der Waals surface area (Å²) in [5.74, 6) is 0.355. The first-order valence-corrected chi connectivity index (χ1v) is 6.75. The monoisotopic (exact) mass is 250 g/mol. The van der Waals surface area contributed by atoms with Crippen LogP contribution in [0.25, 0.3) is 0 Å². The van der Waals surface area contributed by atoms with E-state index in [1.54, 1.807) is 0 Å². The maximum Gasteiger partial charge on any atom is 0.142 e. The first-order chi connectivity index (χ1) is 8.56. The minimum absolute atomic E-state index is 0.0589. The zero-order valence-electron chi connectivity index (χ0n) is 10.9. The van der Waals surface area contributed by atoms with Crippen molar-refractivity contribution >= 4 is 5.78 Å². The zero-order chi connectivity index (χ0) is 13.3. The predicted octanol–water partition coefficient (Wildman–Crippen LogP) is 1.70. The van der Waals surface area contributed by atoms with Gasteiger partial charge in [-0.1, -0.05) is 25.7 Å². The van der Waals surface area contributed by atoms with Crippen LogP contribution in [0.4, 0.5) is 0 Å². The Kier molecular flexibility index (Phi) is 4.03. The lowest BCUT2D eigenvalue weighted by molar-refractivity contribution is -0.126. The highest BCUT2D eigenvalue weighted by Gasteiger charge is 2.43. The fraction of sp³-hybridized carbons (Fsp3) is 0.667. The Morgan fingerprint density at radius 1 is 1.50 bits per heavy atom. The van der Waals surface area contributed by atoms with Crippen LogP contribution in [-0.2, 0) is 4.79 Å². The van der Waals surface area contributed by atoms with Crippen molar-refractivity contribution in [2.45, 2.75) is 32.3 Å². The number of aliphatic hydroxyl groups is 2. The van der Waals surface area contributed by atoms with Crippen molar-refractivity contribution in [2.24, 2.45) is 23.7 Å². The summed E-state index contributed by atoms with van der Waals surface area (Å²) in [6.45, 7) is 5.91. The Labute approximate surface area is 108 Å². The third-order valence-corrected chi connectivity index (χ3v) is 4.49. The molecule has 0 aromatic rings. The van der Waals surface area contributed by atoms with E-state index in [2.05, 4.69) is 13.5 Å². The smallest absolute Gasteiger partial charge is 0.142 e. The van der Waals surface area contributed by atoms with Crippen LogP contribution in [0.3, 0.4) is 0 Å². The van der Waals surface area contributed by atoms with Crippen LogP contribution in [0.2, 0.25) is 0 Å². The number of aliphatic hydroxyl groups excluding tert-OH is 2. The molecule has 2 aliphatic rings. The van der Waals surface area contributed by atoms with Gasteiger partial charge in [0.15, 0.2) is 0 Å². The van der Waals surface area contributed by atoms with Crippen LogP contribution in [0.1, 0.15) is 26.2 Å². The summed E-state index contributed by atoms with van der Waals surface area (Å²) >= 11 is 0. The molecule has 1 saturated carbocycles. The topological polar surface area (TPSA) is 57.5 Å². The van der Waals surface area contributed by atoms with E-state index in [9.17, 15) is 9.90 Å². The molecule has 0 heterocycles. The molecule has 2 N–H and O–H groups in total. The van der Waals surface area contributed by atoms with Crippen LogP contribution >= 0.6 is 0 Å². The number of fused-ring (bicyclic) bond motifs is 1. The van der Waals surface area contributed by atoms with Gasteiger partial charge in [0.1, 0.15) is 5.78 Å². The molecule has 0 saturated heterocycles. The molecule has 5 atom stereocenters. The molecule has 3 nitrogen and oxygen atoms in total. The third kappa shape index (κ3) is 2.29. The van der Waals surface area contributed by atoms with Gasteiger partial charge in [-0.15, -0.1) is 0 Å². The Morgan fingerprint density at radius 3 is 2.89 bits per heavy atom. The summed E-state index contributed by atoms with van der Waals surface area (Å²) in [4.78, 5) is 12.1. The van der Waals surface area contributed by atoms with Crippen molar-refractivity contribution in [3.63, 3.8) is 0 Å². The van der Waals surface area contributed by atoms with Gasteiger partial charge in [0.25, 0.3) is 0 Å². The van der Waals surface area contributed by atoms with Gasteiger partial charge in [0, 0.05) is 24.9 Å². The molecule has 100 valence electrons. The summed E-state index contributed by atoms with van der Waals surface area (Å²) in [5, 5.41) is 19.2. The molecular formula is C15H22O3. The van der Waals surface area contributed by atoms with Crippen LogP contribution in [0.5, 0.6) is 0 Å². The molecule has 0 bridgehead atoms. The lowest BCUT2D eigenvalue weighted by Crippen LogP contribution is -2.44. The van der Waals surface area contributed by atoms with Crippen molar-refractivity contribution in [2.75, 3.05) is 6.61 Å². The molecule has 0 aliphatic heterocycles. The number of Topliss-reactive ketones (excluding diaryl/α,β-unsaturated/α-hetero) is 1. The van der Waals surface area contributed by atoms with Crippen molar-refractivity contribution in [3.05, 3.63) is 24.3 Å². The largest absolute Gasteiger partial charge is 0.396 e.